The van der Waals surface area contributed by atoms with Gasteiger partial charge in [-0.15, -0.1) is 0 Å². The molecule has 1 aromatic rings. The first-order chi connectivity index (χ1) is 9.17. The molecule has 106 valence electrons. The quantitative estimate of drug-likeness (QED) is 0.855. The van der Waals surface area contributed by atoms with Crippen molar-refractivity contribution in [3.63, 3.8) is 0 Å². The van der Waals surface area contributed by atoms with E-state index in [1.54, 1.807) is 0 Å². The fourth-order valence-electron chi connectivity index (χ4n) is 2.41. The lowest BCUT2D eigenvalue weighted by Crippen LogP contribution is -2.24. The van der Waals surface area contributed by atoms with Gasteiger partial charge in [0.1, 0.15) is 0 Å². The summed E-state index contributed by atoms with van der Waals surface area (Å²) in [7, 11) is 0. The Bertz CT molecular complexity index is 375. The van der Waals surface area contributed by atoms with Gasteiger partial charge in [-0.3, -0.25) is 4.90 Å². The number of hydrogen-bond donors (Lipinski definition) is 1. The van der Waals surface area contributed by atoms with Gasteiger partial charge in [-0.1, -0.05) is 38.1 Å². The van der Waals surface area contributed by atoms with E-state index in [4.69, 9.17) is 9.84 Å². The van der Waals surface area contributed by atoms with Crippen molar-refractivity contribution in [2.45, 2.75) is 39.5 Å². The summed E-state index contributed by atoms with van der Waals surface area (Å²) in [4.78, 5) is 2.44. The summed E-state index contributed by atoms with van der Waals surface area (Å²) in [5.74, 6) is 0.611. The molecular formula is C16H25NO2. The SMILES string of the molecule is CC(C)COC1CCN(Cc2ccc(CO)cc2)C1. The van der Waals surface area contributed by atoms with Crippen LogP contribution in [0, 0.1) is 5.92 Å². The monoisotopic (exact) mass is 263 g/mol. The minimum absolute atomic E-state index is 0.120. The summed E-state index contributed by atoms with van der Waals surface area (Å²) in [6.07, 6.45) is 1.54. The van der Waals surface area contributed by atoms with Crippen molar-refractivity contribution < 1.29 is 9.84 Å². The van der Waals surface area contributed by atoms with Crippen molar-refractivity contribution in [3.8, 4) is 0 Å². The van der Waals surface area contributed by atoms with Crippen LogP contribution in [0.2, 0.25) is 0 Å². The van der Waals surface area contributed by atoms with Crippen LogP contribution in [0.1, 0.15) is 31.4 Å². The van der Waals surface area contributed by atoms with E-state index in [0.29, 0.717) is 12.0 Å². The molecule has 1 atom stereocenters. The average molecular weight is 263 g/mol. The van der Waals surface area contributed by atoms with Crippen molar-refractivity contribution in [1.82, 2.24) is 4.90 Å². The molecule has 2 rings (SSSR count). The highest BCUT2D eigenvalue weighted by atomic mass is 16.5. The summed E-state index contributed by atoms with van der Waals surface area (Å²) in [6, 6.07) is 8.21. The van der Waals surface area contributed by atoms with Crippen molar-refractivity contribution in [2.24, 2.45) is 5.92 Å². The normalized spacial score (nSPS) is 20.3. The highest BCUT2D eigenvalue weighted by Crippen LogP contribution is 2.17. The maximum atomic E-state index is 9.02. The van der Waals surface area contributed by atoms with Crippen LogP contribution in [0.15, 0.2) is 24.3 Å². The second-order valence-electron chi connectivity index (χ2n) is 5.85. The summed E-state index contributed by atoms with van der Waals surface area (Å²) >= 11 is 0. The first-order valence-corrected chi connectivity index (χ1v) is 7.20. The molecule has 0 saturated carbocycles. The number of hydrogen-bond acceptors (Lipinski definition) is 3. The van der Waals surface area contributed by atoms with E-state index in [-0.39, 0.29) is 6.61 Å². The molecule has 1 aliphatic rings. The van der Waals surface area contributed by atoms with Crippen LogP contribution in [0.3, 0.4) is 0 Å². The van der Waals surface area contributed by atoms with Crippen LogP contribution in [0.5, 0.6) is 0 Å². The molecule has 1 aromatic carbocycles. The van der Waals surface area contributed by atoms with Gasteiger partial charge in [0.05, 0.1) is 12.7 Å². The second kappa shape index (κ2) is 7.04. The third-order valence-electron chi connectivity index (χ3n) is 3.51. The molecule has 1 heterocycles. The lowest BCUT2D eigenvalue weighted by atomic mass is 10.1. The zero-order valence-electron chi connectivity index (χ0n) is 12.0. The van der Waals surface area contributed by atoms with E-state index in [1.807, 2.05) is 12.1 Å². The fourth-order valence-corrected chi connectivity index (χ4v) is 2.41. The summed E-state index contributed by atoms with van der Waals surface area (Å²) < 4.78 is 5.89. The molecule has 0 amide bonds. The molecule has 1 saturated heterocycles. The predicted molar refractivity (Wildman–Crippen MR) is 76.8 cm³/mol. The van der Waals surface area contributed by atoms with E-state index in [2.05, 4.69) is 30.9 Å². The molecule has 3 nitrogen and oxygen atoms in total. The third kappa shape index (κ3) is 4.60. The molecule has 0 aromatic heterocycles. The molecule has 19 heavy (non-hydrogen) atoms. The first kappa shape index (κ1) is 14.5. The fraction of sp³-hybridized carbons (Fsp3) is 0.625. The van der Waals surface area contributed by atoms with Gasteiger partial charge in [0.25, 0.3) is 0 Å². The minimum Gasteiger partial charge on any atom is -0.392 e. The maximum Gasteiger partial charge on any atom is 0.0714 e. The lowest BCUT2D eigenvalue weighted by Gasteiger charge is -2.17. The average Bonchev–Trinajstić information content (AvgIpc) is 2.85. The van der Waals surface area contributed by atoms with Gasteiger partial charge in [0, 0.05) is 26.2 Å². The Kier molecular flexibility index (Phi) is 5.37. The minimum atomic E-state index is 0.120. The molecule has 0 aliphatic carbocycles. The number of nitrogens with zero attached hydrogens (tertiary/aromatic N) is 1. The Labute approximate surface area is 116 Å². The number of ether oxygens (including phenoxy) is 1. The molecule has 1 fully saturated rings. The molecular weight excluding hydrogens is 238 g/mol. The van der Waals surface area contributed by atoms with E-state index >= 15 is 0 Å². The summed E-state index contributed by atoms with van der Waals surface area (Å²) in [5.41, 5.74) is 2.28. The molecule has 1 unspecified atom stereocenters. The Hall–Kier alpha value is -0.900. The van der Waals surface area contributed by atoms with Crippen LogP contribution in [-0.2, 0) is 17.9 Å². The van der Waals surface area contributed by atoms with Crippen molar-refractivity contribution in [2.75, 3.05) is 19.7 Å². The molecule has 1 N–H and O–H groups in total. The van der Waals surface area contributed by atoms with Gasteiger partial charge in [0.15, 0.2) is 0 Å². The Morgan fingerprint density at radius 3 is 2.58 bits per heavy atom. The summed E-state index contributed by atoms with van der Waals surface area (Å²) in [5, 5.41) is 9.02. The van der Waals surface area contributed by atoms with Gasteiger partial charge < -0.3 is 9.84 Å². The summed E-state index contributed by atoms with van der Waals surface area (Å²) in [6.45, 7) is 8.50. The molecule has 0 radical (unpaired) electrons. The van der Waals surface area contributed by atoms with E-state index in [9.17, 15) is 0 Å². The Balaban J connectivity index is 1.77. The van der Waals surface area contributed by atoms with Gasteiger partial charge in [-0.25, -0.2) is 0 Å². The highest BCUT2D eigenvalue weighted by Gasteiger charge is 2.23. The van der Waals surface area contributed by atoms with Crippen LogP contribution in [-0.4, -0.2) is 35.8 Å². The number of aliphatic hydroxyl groups excluding tert-OH is 1. The zero-order valence-corrected chi connectivity index (χ0v) is 12.0. The van der Waals surface area contributed by atoms with E-state index < -0.39 is 0 Å². The van der Waals surface area contributed by atoms with Gasteiger partial charge in [-0.05, 0) is 23.5 Å². The van der Waals surface area contributed by atoms with Gasteiger partial charge >= 0.3 is 0 Å². The molecule has 0 spiro atoms. The highest BCUT2D eigenvalue weighted by molar-refractivity contribution is 5.22. The Morgan fingerprint density at radius 1 is 1.26 bits per heavy atom. The second-order valence-corrected chi connectivity index (χ2v) is 5.85. The molecule has 3 heteroatoms. The van der Waals surface area contributed by atoms with Crippen LogP contribution in [0.25, 0.3) is 0 Å². The smallest absolute Gasteiger partial charge is 0.0714 e. The lowest BCUT2D eigenvalue weighted by molar-refractivity contribution is 0.0412. The predicted octanol–water partition coefficient (Wildman–Crippen LogP) is 2.43. The standard InChI is InChI=1S/C16H25NO2/c1-13(2)12-19-16-7-8-17(10-16)9-14-3-5-15(11-18)6-4-14/h3-6,13,16,18H,7-12H2,1-2H3. The maximum absolute atomic E-state index is 9.02. The van der Waals surface area contributed by atoms with Crippen molar-refractivity contribution in [3.05, 3.63) is 35.4 Å². The van der Waals surface area contributed by atoms with Crippen molar-refractivity contribution >= 4 is 0 Å². The molecule has 1 aliphatic heterocycles. The zero-order chi connectivity index (χ0) is 13.7. The van der Waals surface area contributed by atoms with Gasteiger partial charge in [0.2, 0.25) is 0 Å². The van der Waals surface area contributed by atoms with Crippen LogP contribution < -0.4 is 0 Å². The van der Waals surface area contributed by atoms with Crippen LogP contribution >= 0.6 is 0 Å². The number of benzene rings is 1. The van der Waals surface area contributed by atoms with Gasteiger partial charge in [-0.2, -0.15) is 0 Å². The van der Waals surface area contributed by atoms with Crippen molar-refractivity contribution in [1.29, 1.82) is 0 Å². The number of aliphatic hydroxyl groups is 1. The largest absolute Gasteiger partial charge is 0.392 e. The Morgan fingerprint density at radius 2 is 1.95 bits per heavy atom. The first-order valence-electron chi connectivity index (χ1n) is 7.20. The van der Waals surface area contributed by atoms with E-state index in [0.717, 1.165) is 38.2 Å². The number of rotatable bonds is 6. The number of likely N-dealkylation sites (tertiary alicyclic amines) is 1. The third-order valence-corrected chi connectivity index (χ3v) is 3.51. The van der Waals surface area contributed by atoms with E-state index in [1.165, 1.54) is 5.56 Å². The van der Waals surface area contributed by atoms with Crippen LogP contribution in [0.4, 0.5) is 0 Å². The molecule has 0 bridgehead atoms. The topological polar surface area (TPSA) is 32.7 Å².